The first kappa shape index (κ1) is 13.9. The second-order valence-electron chi connectivity index (χ2n) is 4.10. The Balaban J connectivity index is 2.42. The Hall–Kier alpha value is -1.13. The highest BCUT2D eigenvalue weighted by atomic mass is 19.1. The van der Waals surface area contributed by atoms with Crippen molar-refractivity contribution in [3.63, 3.8) is 0 Å². The molecule has 17 heavy (non-hydrogen) atoms. The van der Waals surface area contributed by atoms with Gasteiger partial charge in [-0.25, -0.2) is 4.39 Å². The van der Waals surface area contributed by atoms with E-state index in [2.05, 4.69) is 0 Å². The van der Waals surface area contributed by atoms with Crippen LogP contribution in [0, 0.1) is 5.82 Å². The van der Waals surface area contributed by atoms with E-state index in [-0.39, 0.29) is 18.5 Å². The van der Waals surface area contributed by atoms with Gasteiger partial charge in [0.15, 0.2) is 0 Å². The fraction of sp³-hybridized carbons (Fsp3) is 0.538. The fourth-order valence-corrected chi connectivity index (χ4v) is 1.55. The molecule has 0 radical (unpaired) electrons. The third-order valence-corrected chi connectivity index (χ3v) is 2.53. The molecule has 0 fully saturated rings. The maximum atomic E-state index is 13.5. The van der Waals surface area contributed by atoms with Gasteiger partial charge in [-0.3, -0.25) is 0 Å². The first-order chi connectivity index (χ1) is 8.15. The number of unbranched alkanes of at least 4 members (excludes halogenated alkanes) is 2. The molecule has 0 amide bonds. The molecule has 0 heterocycles. The number of hydrogen-bond acceptors (Lipinski definition) is 3. The summed E-state index contributed by atoms with van der Waals surface area (Å²) in [6.45, 7) is 2.49. The zero-order chi connectivity index (χ0) is 12.7. The number of hydrogen-bond donors (Lipinski definition) is 2. The molecular weight excluding hydrogens is 221 g/mol. The number of aliphatic hydroxyl groups excluding tert-OH is 1. The van der Waals surface area contributed by atoms with Gasteiger partial charge in [0.25, 0.3) is 0 Å². The molecule has 1 rings (SSSR count). The number of aliphatic hydroxyl groups is 1. The first-order valence-electron chi connectivity index (χ1n) is 5.94. The van der Waals surface area contributed by atoms with E-state index in [1.54, 1.807) is 19.1 Å². The van der Waals surface area contributed by atoms with Gasteiger partial charge in [-0.2, -0.15) is 0 Å². The van der Waals surface area contributed by atoms with E-state index in [1.165, 1.54) is 6.07 Å². The van der Waals surface area contributed by atoms with Gasteiger partial charge in [0.05, 0.1) is 6.61 Å². The lowest BCUT2D eigenvalue weighted by Gasteiger charge is -2.10. The summed E-state index contributed by atoms with van der Waals surface area (Å²) < 4.78 is 18.9. The topological polar surface area (TPSA) is 55.5 Å². The van der Waals surface area contributed by atoms with Crippen molar-refractivity contribution >= 4 is 0 Å². The molecule has 0 aliphatic carbocycles. The third kappa shape index (κ3) is 4.71. The van der Waals surface area contributed by atoms with Gasteiger partial charge in [-0.15, -0.1) is 0 Å². The van der Waals surface area contributed by atoms with Gasteiger partial charge >= 0.3 is 0 Å². The van der Waals surface area contributed by atoms with Gasteiger partial charge in [0.2, 0.25) is 0 Å². The summed E-state index contributed by atoms with van der Waals surface area (Å²) in [5.74, 6) is 0.198. The smallest absolute Gasteiger partial charge is 0.131 e. The number of ether oxygens (including phenoxy) is 1. The Kier molecular flexibility index (Phi) is 5.94. The molecule has 1 aromatic carbocycles. The Morgan fingerprint density at radius 2 is 2.12 bits per heavy atom. The van der Waals surface area contributed by atoms with Gasteiger partial charge in [-0.1, -0.05) is 6.07 Å². The fourth-order valence-electron chi connectivity index (χ4n) is 1.55. The van der Waals surface area contributed by atoms with Crippen LogP contribution in [-0.2, 0) is 0 Å². The quantitative estimate of drug-likeness (QED) is 0.721. The minimum atomic E-state index is -0.326. The standard InChI is InChI=1S/C13H20FNO2/c1-10(15)12-6-5-11(9-13(12)14)17-8-4-2-3-7-16/h5-6,9-10,16H,2-4,7-8,15H2,1H3. The number of rotatable bonds is 7. The first-order valence-corrected chi connectivity index (χ1v) is 5.94. The van der Waals surface area contributed by atoms with Gasteiger partial charge in [0, 0.05) is 24.3 Å². The molecule has 1 aromatic rings. The van der Waals surface area contributed by atoms with Crippen LogP contribution in [0.2, 0.25) is 0 Å². The lowest BCUT2D eigenvalue weighted by atomic mass is 10.1. The molecule has 3 N–H and O–H groups in total. The summed E-state index contributed by atoms with van der Waals surface area (Å²) in [7, 11) is 0. The molecule has 1 unspecified atom stereocenters. The van der Waals surface area contributed by atoms with E-state index in [1.807, 2.05) is 0 Å². The van der Waals surface area contributed by atoms with Crippen LogP contribution in [0.15, 0.2) is 18.2 Å². The normalized spacial score (nSPS) is 12.5. The lowest BCUT2D eigenvalue weighted by Crippen LogP contribution is -2.07. The summed E-state index contributed by atoms with van der Waals surface area (Å²) in [5, 5.41) is 8.60. The van der Waals surface area contributed by atoms with Gasteiger partial charge < -0.3 is 15.6 Å². The molecule has 0 saturated carbocycles. The van der Waals surface area contributed by atoms with Crippen LogP contribution in [0.25, 0.3) is 0 Å². The van der Waals surface area contributed by atoms with E-state index < -0.39 is 0 Å². The summed E-state index contributed by atoms with van der Waals surface area (Å²) in [6, 6.07) is 4.44. The van der Waals surface area contributed by atoms with E-state index in [9.17, 15) is 4.39 Å². The van der Waals surface area contributed by atoms with Crippen molar-refractivity contribution in [3.8, 4) is 5.75 Å². The minimum Gasteiger partial charge on any atom is -0.493 e. The van der Waals surface area contributed by atoms with Crippen molar-refractivity contribution in [1.29, 1.82) is 0 Å². The number of benzene rings is 1. The monoisotopic (exact) mass is 241 g/mol. The van der Waals surface area contributed by atoms with Crippen LogP contribution in [0.5, 0.6) is 5.75 Å². The Bertz CT molecular complexity index is 342. The summed E-state index contributed by atoms with van der Waals surface area (Å²) in [4.78, 5) is 0. The second kappa shape index (κ2) is 7.25. The Morgan fingerprint density at radius 3 is 2.71 bits per heavy atom. The zero-order valence-electron chi connectivity index (χ0n) is 10.2. The highest BCUT2D eigenvalue weighted by Crippen LogP contribution is 2.20. The molecule has 0 saturated heterocycles. The molecule has 0 aliphatic rings. The van der Waals surface area contributed by atoms with E-state index >= 15 is 0 Å². The second-order valence-corrected chi connectivity index (χ2v) is 4.10. The predicted molar refractivity (Wildman–Crippen MR) is 65.4 cm³/mol. The van der Waals surface area contributed by atoms with Crippen LogP contribution < -0.4 is 10.5 Å². The molecule has 1 atom stereocenters. The Morgan fingerprint density at radius 1 is 1.35 bits per heavy atom. The van der Waals surface area contributed by atoms with Crippen LogP contribution in [0.3, 0.4) is 0 Å². The summed E-state index contributed by atoms with van der Waals surface area (Å²) in [6.07, 6.45) is 2.55. The largest absolute Gasteiger partial charge is 0.493 e. The van der Waals surface area contributed by atoms with E-state index in [0.717, 1.165) is 19.3 Å². The van der Waals surface area contributed by atoms with Gasteiger partial charge in [-0.05, 0) is 32.3 Å². The summed E-state index contributed by atoms with van der Waals surface area (Å²) >= 11 is 0. The molecule has 3 nitrogen and oxygen atoms in total. The highest BCUT2D eigenvalue weighted by Gasteiger charge is 2.07. The predicted octanol–water partition coefficient (Wildman–Crippen LogP) is 2.39. The molecular formula is C13H20FNO2. The van der Waals surface area contributed by atoms with Crippen LogP contribution in [0.4, 0.5) is 4.39 Å². The molecule has 96 valence electrons. The van der Waals surface area contributed by atoms with Crippen molar-refractivity contribution in [2.24, 2.45) is 5.73 Å². The molecule has 0 spiro atoms. The minimum absolute atomic E-state index is 0.206. The molecule has 0 bridgehead atoms. The molecule has 0 aromatic heterocycles. The Labute approximate surface area is 101 Å². The SMILES string of the molecule is CC(N)c1ccc(OCCCCCO)cc1F. The van der Waals surface area contributed by atoms with Gasteiger partial charge in [0.1, 0.15) is 11.6 Å². The molecule has 4 heteroatoms. The highest BCUT2D eigenvalue weighted by molar-refractivity contribution is 5.30. The van der Waals surface area contributed by atoms with E-state index in [4.69, 9.17) is 15.6 Å². The average molecular weight is 241 g/mol. The number of nitrogens with two attached hydrogens (primary N) is 1. The van der Waals surface area contributed by atoms with Crippen molar-refractivity contribution < 1.29 is 14.2 Å². The van der Waals surface area contributed by atoms with Crippen LogP contribution in [0.1, 0.15) is 37.8 Å². The zero-order valence-corrected chi connectivity index (χ0v) is 10.2. The maximum absolute atomic E-state index is 13.5. The molecule has 0 aliphatic heterocycles. The summed E-state index contributed by atoms with van der Waals surface area (Å²) in [5.41, 5.74) is 6.11. The van der Waals surface area contributed by atoms with Crippen molar-refractivity contribution in [3.05, 3.63) is 29.6 Å². The lowest BCUT2D eigenvalue weighted by molar-refractivity contribution is 0.265. The number of halogens is 1. The van der Waals surface area contributed by atoms with Crippen LogP contribution in [-0.4, -0.2) is 18.3 Å². The van der Waals surface area contributed by atoms with E-state index in [0.29, 0.717) is 17.9 Å². The van der Waals surface area contributed by atoms with Crippen molar-refractivity contribution in [2.75, 3.05) is 13.2 Å². The van der Waals surface area contributed by atoms with Crippen LogP contribution >= 0.6 is 0 Å². The average Bonchev–Trinajstić information content (AvgIpc) is 2.28. The third-order valence-electron chi connectivity index (χ3n) is 2.53. The van der Waals surface area contributed by atoms with Crippen molar-refractivity contribution in [1.82, 2.24) is 0 Å². The van der Waals surface area contributed by atoms with Crippen molar-refractivity contribution in [2.45, 2.75) is 32.2 Å². The maximum Gasteiger partial charge on any atom is 0.131 e.